The molecule has 30 heavy (non-hydrogen) atoms. The molecule has 8 nitrogen and oxygen atoms in total. The summed E-state index contributed by atoms with van der Waals surface area (Å²) in [6.07, 6.45) is 2.53. The van der Waals surface area contributed by atoms with Gasteiger partial charge in [-0.2, -0.15) is 0 Å². The Balaban J connectivity index is 1.97. The van der Waals surface area contributed by atoms with Crippen LogP contribution in [0.5, 0.6) is 0 Å². The Bertz CT molecular complexity index is 963. The van der Waals surface area contributed by atoms with Crippen molar-refractivity contribution in [3.63, 3.8) is 0 Å². The van der Waals surface area contributed by atoms with Crippen LogP contribution in [-0.4, -0.2) is 64.8 Å². The first-order chi connectivity index (χ1) is 14.0. The Kier molecular flexibility index (Phi) is 5.83. The molecule has 2 heterocycles. The van der Waals surface area contributed by atoms with Crippen LogP contribution in [-0.2, 0) is 9.47 Å². The van der Waals surface area contributed by atoms with E-state index in [1.807, 2.05) is 39.5 Å². The van der Waals surface area contributed by atoms with Crippen LogP contribution >= 0.6 is 0 Å². The topological polar surface area (TPSA) is 84.9 Å². The average Bonchev–Trinajstić information content (AvgIpc) is 2.64. The quantitative estimate of drug-likeness (QED) is 0.691. The molecule has 1 saturated heterocycles. The van der Waals surface area contributed by atoms with Gasteiger partial charge in [-0.05, 0) is 34.6 Å². The number of piperazine rings is 1. The van der Waals surface area contributed by atoms with E-state index in [0.29, 0.717) is 24.3 Å². The van der Waals surface area contributed by atoms with E-state index in [1.54, 1.807) is 4.90 Å². The number of methoxy groups -OCH3 is 1. The van der Waals surface area contributed by atoms with Crippen molar-refractivity contribution in [2.75, 3.05) is 25.1 Å². The van der Waals surface area contributed by atoms with E-state index in [4.69, 9.17) is 9.47 Å². The number of nitrogens with zero attached hydrogens (tertiary/aromatic N) is 4. The molecule has 1 aromatic heterocycles. The standard InChI is InChI=1S/C21H27FN4O4/c1-12-10-25(11-13(2)26(12)20(28)30-21(3,4)5)15-9-14(22)16(19(27)29-6)18-17(15)23-7-8-24-18/h7-9,12-13H,10-11H2,1-6H3/t12-,13?/m0/s1. The number of halogens is 1. The maximum atomic E-state index is 14.9. The molecule has 2 atom stereocenters. The summed E-state index contributed by atoms with van der Waals surface area (Å²) in [5, 5.41) is 0. The summed E-state index contributed by atoms with van der Waals surface area (Å²) in [6, 6.07) is 0.920. The van der Waals surface area contributed by atoms with Gasteiger partial charge in [0.25, 0.3) is 0 Å². The zero-order valence-corrected chi connectivity index (χ0v) is 18.1. The van der Waals surface area contributed by atoms with Crippen LogP contribution in [0.25, 0.3) is 11.0 Å². The third-order valence-electron chi connectivity index (χ3n) is 4.93. The average molecular weight is 418 g/mol. The fourth-order valence-corrected chi connectivity index (χ4v) is 3.81. The predicted molar refractivity (Wildman–Crippen MR) is 110 cm³/mol. The normalized spacial score (nSPS) is 19.7. The zero-order valence-electron chi connectivity index (χ0n) is 18.1. The first kappa shape index (κ1) is 21.7. The van der Waals surface area contributed by atoms with Crippen LogP contribution in [0, 0.1) is 5.82 Å². The number of rotatable bonds is 2. The van der Waals surface area contributed by atoms with Crippen LogP contribution in [0.15, 0.2) is 18.5 Å². The molecule has 0 radical (unpaired) electrons. The lowest BCUT2D eigenvalue weighted by Crippen LogP contribution is -2.59. The monoisotopic (exact) mass is 418 g/mol. The van der Waals surface area contributed by atoms with Gasteiger partial charge in [0.15, 0.2) is 0 Å². The Morgan fingerprint density at radius 1 is 1.10 bits per heavy atom. The Morgan fingerprint density at radius 3 is 2.20 bits per heavy atom. The molecule has 1 aliphatic heterocycles. The second kappa shape index (κ2) is 8.04. The van der Waals surface area contributed by atoms with Crippen molar-refractivity contribution < 1.29 is 23.5 Å². The highest BCUT2D eigenvalue weighted by atomic mass is 19.1. The third-order valence-corrected chi connectivity index (χ3v) is 4.93. The third kappa shape index (κ3) is 4.15. The first-order valence-electron chi connectivity index (χ1n) is 9.81. The number of hydrogen-bond acceptors (Lipinski definition) is 7. The van der Waals surface area contributed by atoms with E-state index in [0.717, 1.165) is 0 Å². The molecule has 3 rings (SSSR count). The molecular formula is C21H27FN4O4. The number of ether oxygens (including phenoxy) is 2. The smallest absolute Gasteiger partial charge is 0.410 e. The summed E-state index contributed by atoms with van der Waals surface area (Å²) < 4.78 is 25.1. The van der Waals surface area contributed by atoms with Gasteiger partial charge in [0, 0.05) is 31.5 Å². The lowest BCUT2D eigenvalue weighted by atomic mass is 10.0. The summed E-state index contributed by atoms with van der Waals surface area (Å²) in [4.78, 5) is 36.9. The summed E-state index contributed by atoms with van der Waals surface area (Å²) >= 11 is 0. The summed E-state index contributed by atoms with van der Waals surface area (Å²) in [5.74, 6) is -1.53. The van der Waals surface area contributed by atoms with Gasteiger partial charge in [0.1, 0.15) is 28.0 Å². The lowest BCUT2D eigenvalue weighted by molar-refractivity contribution is 0.00565. The van der Waals surface area contributed by atoms with Crippen molar-refractivity contribution in [1.29, 1.82) is 0 Å². The Labute approximate surface area is 175 Å². The minimum Gasteiger partial charge on any atom is -0.465 e. The number of esters is 1. The number of hydrogen-bond donors (Lipinski definition) is 0. The molecule has 0 N–H and O–H groups in total. The predicted octanol–water partition coefficient (Wildman–Crippen LogP) is 3.39. The van der Waals surface area contributed by atoms with Crippen molar-refractivity contribution in [1.82, 2.24) is 14.9 Å². The molecule has 162 valence electrons. The van der Waals surface area contributed by atoms with Gasteiger partial charge in [0.2, 0.25) is 0 Å². The number of carbonyl (C=O) groups is 2. The van der Waals surface area contributed by atoms with Gasteiger partial charge >= 0.3 is 12.1 Å². The number of anilines is 1. The van der Waals surface area contributed by atoms with E-state index in [9.17, 15) is 14.0 Å². The molecule has 0 saturated carbocycles. The number of carbonyl (C=O) groups excluding carboxylic acids is 2. The van der Waals surface area contributed by atoms with E-state index >= 15 is 0 Å². The lowest BCUT2D eigenvalue weighted by Gasteiger charge is -2.45. The molecule has 1 fully saturated rings. The highest BCUT2D eigenvalue weighted by molar-refractivity contribution is 6.05. The Morgan fingerprint density at radius 2 is 1.67 bits per heavy atom. The van der Waals surface area contributed by atoms with Crippen LogP contribution in [0.1, 0.15) is 45.0 Å². The fourth-order valence-electron chi connectivity index (χ4n) is 3.81. The summed E-state index contributed by atoms with van der Waals surface area (Å²) in [7, 11) is 1.19. The van der Waals surface area contributed by atoms with Crippen molar-refractivity contribution in [3.05, 3.63) is 29.8 Å². The second-order valence-electron chi connectivity index (χ2n) is 8.49. The van der Waals surface area contributed by atoms with Crippen molar-refractivity contribution >= 4 is 28.8 Å². The van der Waals surface area contributed by atoms with Crippen molar-refractivity contribution in [2.24, 2.45) is 0 Å². The SMILES string of the molecule is COC(=O)c1c(F)cc(N2CC(C)N(C(=O)OC(C)(C)C)[C@@H](C)C2)c2nccnc12. The summed E-state index contributed by atoms with van der Waals surface area (Å²) in [5.41, 5.74) is 0.244. The van der Waals surface area contributed by atoms with Gasteiger partial charge in [-0.15, -0.1) is 0 Å². The maximum absolute atomic E-state index is 14.9. The minimum absolute atomic E-state index is 0.147. The van der Waals surface area contributed by atoms with Crippen LogP contribution in [0.4, 0.5) is 14.9 Å². The molecule has 2 aromatic rings. The van der Waals surface area contributed by atoms with Gasteiger partial charge in [0.05, 0.1) is 24.9 Å². The molecular weight excluding hydrogens is 391 g/mol. The highest BCUT2D eigenvalue weighted by Crippen LogP contribution is 2.32. The van der Waals surface area contributed by atoms with Crippen LogP contribution in [0.3, 0.4) is 0 Å². The second-order valence-corrected chi connectivity index (χ2v) is 8.49. The maximum Gasteiger partial charge on any atom is 0.410 e. The fraction of sp³-hybridized carbons (Fsp3) is 0.524. The van der Waals surface area contributed by atoms with Crippen LogP contribution in [0.2, 0.25) is 0 Å². The number of fused-ring (bicyclic) bond motifs is 1. The summed E-state index contributed by atoms with van der Waals surface area (Å²) in [6.45, 7) is 10.2. The number of amides is 1. The largest absolute Gasteiger partial charge is 0.465 e. The molecule has 9 heteroatoms. The molecule has 0 aliphatic carbocycles. The molecule has 1 aliphatic rings. The molecule has 0 spiro atoms. The van der Waals surface area contributed by atoms with Gasteiger partial charge in [-0.3, -0.25) is 14.9 Å². The van der Waals surface area contributed by atoms with Gasteiger partial charge < -0.3 is 14.4 Å². The van der Waals surface area contributed by atoms with Gasteiger partial charge in [-0.1, -0.05) is 0 Å². The molecule has 1 unspecified atom stereocenters. The molecule has 0 bridgehead atoms. The molecule has 1 amide bonds. The van der Waals surface area contributed by atoms with Crippen molar-refractivity contribution in [2.45, 2.75) is 52.3 Å². The van der Waals surface area contributed by atoms with E-state index < -0.39 is 17.4 Å². The zero-order chi connectivity index (χ0) is 22.2. The van der Waals surface area contributed by atoms with E-state index in [1.165, 1.54) is 25.6 Å². The van der Waals surface area contributed by atoms with Crippen LogP contribution < -0.4 is 4.90 Å². The number of aromatic nitrogens is 2. The van der Waals surface area contributed by atoms with Crippen molar-refractivity contribution in [3.8, 4) is 0 Å². The Hall–Kier alpha value is -2.97. The van der Waals surface area contributed by atoms with Gasteiger partial charge in [-0.25, -0.2) is 14.0 Å². The van der Waals surface area contributed by atoms with E-state index in [2.05, 4.69) is 9.97 Å². The number of benzene rings is 1. The highest BCUT2D eigenvalue weighted by Gasteiger charge is 2.36. The molecule has 1 aromatic carbocycles. The minimum atomic E-state index is -0.805. The van der Waals surface area contributed by atoms with E-state index in [-0.39, 0.29) is 29.3 Å². The first-order valence-corrected chi connectivity index (χ1v) is 9.81.